The SMILES string of the molecule is COc1ccc(C(=O)NC2COC2)c(F)c1. The van der Waals surface area contributed by atoms with Crippen LogP contribution in [0.2, 0.25) is 0 Å². The highest BCUT2D eigenvalue weighted by atomic mass is 19.1. The minimum Gasteiger partial charge on any atom is -0.497 e. The highest BCUT2D eigenvalue weighted by Crippen LogP contribution is 2.16. The van der Waals surface area contributed by atoms with Crippen molar-refractivity contribution < 1.29 is 18.7 Å². The normalized spacial score (nSPS) is 15.4. The molecule has 1 amide bonds. The summed E-state index contributed by atoms with van der Waals surface area (Å²) in [4.78, 5) is 11.6. The van der Waals surface area contributed by atoms with Gasteiger partial charge in [-0.3, -0.25) is 4.79 Å². The summed E-state index contributed by atoms with van der Waals surface area (Å²) in [6, 6.07) is 4.14. The Morgan fingerprint density at radius 1 is 1.56 bits per heavy atom. The van der Waals surface area contributed by atoms with Crippen LogP contribution < -0.4 is 10.1 Å². The van der Waals surface area contributed by atoms with E-state index in [9.17, 15) is 9.18 Å². The van der Waals surface area contributed by atoms with Crippen LogP contribution in [-0.2, 0) is 4.74 Å². The third-order valence-corrected chi connectivity index (χ3v) is 2.39. The van der Waals surface area contributed by atoms with E-state index in [1.54, 1.807) is 6.07 Å². The Labute approximate surface area is 92.4 Å². The summed E-state index contributed by atoms with van der Waals surface area (Å²) >= 11 is 0. The van der Waals surface area contributed by atoms with Gasteiger partial charge in [0, 0.05) is 6.07 Å². The van der Waals surface area contributed by atoms with Crippen molar-refractivity contribution in [2.24, 2.45) is 0 Å². The molecule has 0 spiro atoms. The van der Waals surface area contributed by atoms with Gasteiger partial charge >= 0.3 is 0 Å². The topological polar surface area (TPSA) is 47.6 Å². The van der Waals surface area contributed by atoms with E-state index in [0.717, 1.165) is 0 Å². The molecule has 4 nitrogen and oxygen atoms in total. The Balaban J connectivity index is 2.09. The molecule has 1 N–H and O–H groups in total. The monoisotopic (exact) mass is 225 g/mol. The van der Waals surface area contributed by atoms with Crippen molar-refractivity contribution in [1.82, 2.24) is 5.32 Å². The highest BCUT2D eigenvalue weighted by Gasteiger charge is 2.22. The molecule has 0 atom stereocenters. The quantitative estimate of drug-likeness (QED) is 0.833. The molecular weight excluding hydrogens is 213 g/mol. The zero-order valence-corrected chi connectivity index (χ0v) is 8.83. The number of carbonyl (C=O) groups excluding carboxylic acids is 1. The van der Waals surface area contributed by atoms with Gasteiger partial charge in [-0.1, -0.05) is 0 Å². The van der Waals surface area contributed by atoms with Crippen LogP contribution in [0.3, 0.4) is 0 Å². The lowest BCUT2D eigenvalue weighted by Crippen LogP contribution is -2.48. The van der Waals surface area contributed by atoms with E-state index >= 15 is 0 Å². The lowest BCUT2D eigenvalue weighted by Gasteiger charge is -2.26. The molecule has 2 rings (SSSR count). The fraction of sp³-hybridized carbons (Fsp3) is 0.364. The Bertz CT molecular complexity index is 404. The van der Waals surface area contributed by atoms with E-state index < -0.39 is 11.7 Å². The Morgan fingerprint density at radius 2 is 2.31 bits per heavy atom. The molecule has 0 aliphatic carbocycles. The van der Waals surface area contributed by atoms with Gasteiger partial charge in [0.15, 0.2) is 0 Å². The molecule has 0 aromatic heterocycles. The first-order chi connectivity index (χ1) is 7.70. The number of methoxy groups -OCH3 is 1. The van der Waals surface area contributed by atoms with Crippen molar-refractivity contribution in [3.05, 3.63) is 29.6 Å². The molecular formula is C11H12FNO3. The van der Waals surface area contributed by atoms with Crippen LogP contribution in [0.4, 0.5) is 4.39 Å². The first-order valence-corrected chi connectivity index (χ1v) is 4.93. The standard InChI is InChI=1S/C11H12FNO3/c1-15-8-2-3-9(10(12)4-8)11(14)13-7-5-16-6-7/h2-4,7H,5-6H2,1H3,(H,13,14). The van der Waals surface area contributed by atoms with Crippen LogP contribution in [0, 0.1) is 5.82 Å². The predicted octanol–water partition coefficient (Wildman–Crippen LogP) is 0.963. The number of hydrogen-bond acceptors (Lipinski definition) is 3. The number of carbonyl (C=O) groups is 1. The molecule has 0 bridgehead atoms. The summed E-state index contributed by atoms with van der Waals surface area (Å²) < 4.78 is 23.2. The molecule has 1 heterocycles. The van der Waals surface area contributed by atoms with E-state index in [-0.39, 0.29) is 11.6 Å². The average Bonchev–Trinajstić information content (AvgIpc) is 2.23. The van der Waals surface area contributed by atoms with Crippen LogP contribution in [0.25, 0.3) is 0 Å². The molecule has 1 aliphatic rings. The molecule has 0 radical (unpaired) electrons. The van der Waals surface area contributed by atoms with Crippen molar-refractivity contribution in [3.63, 3.8) is 0 Å². The summed E-state index contributed by atoms with van der Waals surface area (Å²) in [6.45, 7) is 0.979. The van der Waals surface area contributed by atoms with Crippen molar-refractivity contribution in [1.29, 1.82) is 0 Å². The lowest BCUT2D eigenvalue weighted by molar-refractivity contribution is -0.00353. The largest absolute Gasteiger partial charge is 0.497 e. The fourth-order valence-electron chi connectivity index (χ4n) is 1.39. The second-order valence-electron chi connectivity index (χ2n) is 3.55. The molecule has 1 aromatic rings. The number of hydrogen-bond donors (Lipinski definition) is 1. The molecule has 0 unspecified atom stereocenters. The second-order valence-corrected chi connectivity index (χ2v) is 3.55. The summed E-state index contributed by atoms with van der Waals surface area (Å²) in [5, 5.41) is 2.67. The molecule has 16 heavy (non-hydrogen) atoms. The first-order valence-electron chi connectivity index (χ1n) is 4.93. The first kappa shape index (κ1) is 10.9. The molecule has 1 fully saturated rings. The zero-order valence-electron chi connectivity index (χ0n) is 8.83. The van der Waals surface area contributed by atoms with Crippen molar-refractivity contribution in [3.8, 4) is 5.75 Å². The van der Waals surface area contributed by atoms with Crippen LogP contribution in [0.5, 0.6) is 5.75 Å². The summed E-state index contributed by atoms with van der Waals surface area (Å²) in [5.41, 5.74) is 0.0210. The average molecular weight is 225 g/mol. The summed E-state index contributed by atoms with van der Waals surface area (Å²) in [6.07, 6.45) is 0. The van der Waals surface area contributed by atoms with Crippen molar-refractivity contribution in [2.75, 3.05) is 20.3 Å². The van der Waals surface area contributed by atoms with Crippen LogP contribution in [0.1, 0.15) is 10.4 Å². The summed E-state index contributed by atoms with van der Waals surface area (Å²) in [5.74, 6) is -0.619. The molecule has 86 valence electrons. The number of ether oxygens (including phenoxy) is 2. The van der Waals surface area contributed by atoms with Gasteiger partial charge in [0.2, 0.25) is 0 Å². The van der Waals surface area contributed by atoms with E-state index in [2.05, 4.69) is 5.32 Å². The Hall–Kier alpha value is -1.62. The van der Waals surface area contributed by atoms with Gasteiger partial charge in [-0.2, -0.15) is 0 Å². The van der Waals surface area contributed by atoms with E-state index in [0.29, 0.717) is 19.0 Å². The number of rotatable bonds is 3. The smallest absolute Gasteiger partial charge is 0.254 e. The number of halogens is 1. The molecule has 1 aliphatic heterocycles. The van der Waals surface area contributed by atoms with Crippen molar-refractivity contribution in [2.45, 2.75) is 6.04 Å². The zero-order chi connectivity index (χ0) is 11.5. The van der Waals surface area contributed by atoms with E-state index in [1.165, 1.54) is 19.2 Å². The van der Waals surface area contributed by atoms with Gasteiger partial charge in [0.05, 0.1) is 31.9 Å². The van der Waals surface area contributed by atoms with Gasteiger partial charge in [-0.15, -0.1) is 0 Å². The van der Waals surface area contributed by atoms with Crippen LogP contribution in [0.15, 0.2) is 18.2 Å². The molecule has 1 aromatic carbocycles. The van der Waals surface area contributed by atoms with Gasteiger partial charge in [0.1, 0.15) is 11.6 Å². The van der Waals surface area contributed by atoms with Gasteiger partial charge in [-0.05, 0) is 12.1 Å². The maximum absolute atomic E-state index is 13.5. The molecule has 1 saturated heterocycles. The highest BCUT2D eigenvalue weighted by molar-refractivity contribution is 5.94. The number of nitrogens with one attached hydrogen (secondary N) is 1. The van der Waals surface area contributed by atoms with Crippen molar-refractivity contribution >= 4 is 5.91 Å². The maximum Gasteiger partial charge on any atom is 0.254 e. The predicted molar refractivity (Wildman–Crippen MR) is 55.0 cm³/mol. The van der Waals surface area contributed by atoms with Crippen LogP contribution in [-0.4, -0.2) is 32.3 Å². The third-order valence-electron chi connectivity index (χ3n) is 2.39. The van der Waals surface area contributed by atoms with E-state index in [4.69, 9.17) is 9.47 Å². The summed E-state index contributed by atoms with van der Waals surface area (Å²) in [7, 11) is 1.44. The Kier molecular flexibility index (Phi) is 3.05. The fourth-order valence-corrected chi connectivity index (χ4v) is 1.39. The minimum absolute atomic E-state index is 0.00555. The number of amides is 1. The molecule has 5 heteroatoms. The van der Waals surface area contributed by atoms with Gasteiger partial charge in [-0.25, -0.2) is 4.39 Å². The van der Waals surface area contributed by atoms with Gasteiger partial charge < -0.3 is 14.8 Å². The lowest BCUT2D eigenvalue weighted by atomic mass is 10.1. The maximum atomic E-state index is 13.5. The van der Waals surface area contributed by atoms with E-state index in [1.807, 2.05) is 0 Å². The third kappa shape index (κ3) is 2.14. The molecule has 0 saturated carbocycles. The number of benzene rings is 1. The Morgan fingerprint density at radius 3 is 2.81 bits per heavy atom. The second kappa shape index (κ2) is 4.49. The van der Waals surface area contributed by atoms with Crippen LogP contribution >= 0.6 is 0 Å². The minimum atomic E-state index is -0.586. The van der Waals surface area contributed by atoms with Gasteiger partial charge in [0.25, 0.3) is 5.91 Å².